The molecule has 1 fully saturated rings. The van der Waals surface area contributed by atoms with Crippen molar-refractivity contribution in [3.8, 4) is 5.88 Å². The van der Waals surface area contributed by atoms with Crippen molar-refractivity contribution in [1.29, 1.82) is 0 Å². The van der Waals surface area contributed by atoms with E-state index in [-0.39, 0.29) is 11.9 Å². The fourth-order valence-electron chi connectivity index (χ4n) is 3.52. The van der Waals surface area contributed by atoms with Crippen LogP contribution in [-0.2, 0) is 0 Å². The number of likely N-dealkylation sites (tertiary alicyclic amines) is 1. The van der Waals surface area contributed by atoms with Gasteiger partial charge in [0.2, 0.25) is 10.8 Å². The summed E-state index contributed by atoms with van der Waals surface area (Å²) in [7, 11) is 0. The first-order chi connectivity index (χ1) is 12.0. The Morgan fingerprint density at radius 2 is 2.08 bits per heavy atom. The minimum Gasteiger partial charge on any atom is -0.492 e. The van der Waals surface area contributed by atoms with Gasteiger partial charge in [0.1, 0.15) is 5.82 Å². The van der Waals surface area contributed by atoms with Gasteiger partial charge in [-0.1, -0.05) is 46.3 Å². The van der Waals surface area contributed by atoms with Gasteiger partial charge >= 0.3 is 0 Å². The molecule has 1 N–H and O–H groups in total. The Morgan fingerprint density at radius 3 is 2.76 bits per heavy atom. The summed E-state index contributed by atoms with van der Waals surface area (Å²) in [6.45, 7) is 6.22. The topological polar surface area (TPSA) is 53.7 Å². The smallest absolute Gasteiger partial charge is 0.230 e. The molecule has 0 radical (unpaired) electrons. The molecule has 1 saturated heterocycles. The van der Waals surface area contributed by atoms with Crippen molar-refractivity contribution in [3.05, 3.63) is 45.0 Å². The van der Waals surface area contributed by atoms with Crippen molar-refractivity contribution in [1.82, 2.24) is 19.5 Å². The summed E-state index contributed by atoms with van der Waals surface area (Å²) in [5, 5.41) is 15.1. The fraction of sp³-hybridized carbons (Fsp3) is 0.444. The highest BCUT2D eigenvalue weighted by Gasteiger charge is 2.31. The molecule has 3 aromatic rings. The zero-order chi connectivity index (χ0) is 17.6. The number of aromatic nitrogens is 3. The molecule has 5 nitrogen and oxygen atoms in total. The molecule has 132 valence electrons. The van der Waals surface area contributed by atoms with Crippen LogP contribution in [0.4, 0.5) is 0 Å². The summed E-state index contributed by atoms with van der Waals surface area (Å²) >= 11 is 5.11. The molecule has 0 amide bonds. The largest absolute Gasteiger partial charge is 0.492 e. The lowest BCUT2D eigenvalue weighted by atomic mass is 9.95. The predicted molar refractivity (Wildman–Crippen MR) is 103 cm³/mol. The number of piperidine rings is 1. The van der Waals surface area contributed by atoms with E-state index in [4.69, 9.17) is 0 Å². The number of nitrogens with zero attached hydrogens (tertiary/aromatic N) is 4. The number of benzene rings is 1. The number of aryl methyl sites for hydroxylation is 1. The number of hydrogen-bond donors (Lipinski definition) is 1. The van der Waals surface area contributed by atoms with Gasteiger partial charge in [-0.3, -0.25) is 4.90 Å². The zero-order valence-corrected chi connectivity index (χ0v) is 16.7. The third kappa shape index (κ3) is 3.20. The van der Waals surface area contributed by atoms with Crippen LogP contribution in [0.3, 0.4) is 0 Å². The van der Waals surface area contributed by atoms with Gasteiger partial charge < -0.3 is 5.11 Å². The molecule has 0 aliphatic carbocycles. The van der Waals surface area contributed by atoms with Gasteiger partial charge in [-0.2, -0.15) is 4.52 Å². The minimum absolute atomic E-state index is 0.0267. The Bertz CT molecular complexity index is 898. The SMILES string of the molecule is Cc1nc2sc(C(c3cccc(Br)c3)N3CCC(C)CC3)c(O)n2n1. The highest BCUT2D eigenvalue weighted by atomic mass is 79.9. The molecular formula is C18H21BrN4OS. The second kappa shape index (κ2) is 6.70. The van der Waals surface area contributed by atoms with Gasteiger partial charge in [-0.25, -0.2) is 4.98 Å². The Balaban J connectivity index is 1.81. The summed E-state index contributed by atoms with van der Waals surface area (Å²) in [5.41, 5.74) is 1.18. The van der Waals surface area contributed by atoms with Gasteiger partial charge in [-0.05, 0) is 56.5 Å². The van der Waals surface area contributed by atoms with Crippen LogP contribution in [0.2, 0.25) is 0 Å². The molecule has 0 saturated carbocycles. The van der Waals surface area contributed by atoms with Crippen LogP contribution in [-0.4, -0.2) is 37.7 Å². The number of rotatable bonds is 3. The lowest BCUT2D eigenvalue weighted by molar-refractivity contribution is 0.157. The molecule has 1 aliphatic heterocycles. The van der Waals surface area contributed by atoms with E-state index in [9.17, 15) is 5.11 Å². The normalized spacial score (nSPS) is 18.0. The summed E-state index contributed by atoms with van der Waals surface area (Å²) in [6.07, 6.45) is 2.37. The Hall–Kier alpha value is -1.44. The van der Waals surface area contributed by atoms with Gasteiger partial charge in [0.25, 0.3) is 0 Å². The maximum atomic E-state index is 10.8. The third-order valence-electron chi connectivity index (χ3n) is 4.90. The first kappa shape index (κ1) is 17.0. The number of thiazole rings is 1. The molecule has 1 aliphatic rings. The van der Waals surface area contributed by atoms with Crippen molar-refractivity contribution < 1.29 is 5.11 Å². The molecule has 0 bridgehead atoms. The second-order valence-corrected chi connectivity index (χ2v) is 8.74. The number of fused-ring (bicyclic) bond motifs is 1. The standard InChI is InChI=1S/C18H21BrN4OS/c1-11-6-8-22(9-7-11)15(13-4-3-5-14(19)10-13)16-17(24)23-18(25-16)20-12(2)21-23/h3-5,10-11,15,24H,6-9H2,1-2H3. The summed E-state index contributed by atoms with van der Waals surface area (Å²) < 4.78 is 2.61. The molecule has 1 unspecified atom stereocenters. The van der Waals surface area contributed by atoms with Gasteiger partial charge in [0.05, 0.1) is 10.9 Å². The lowest BCUT2D eigenvalue weighted by Crippen LogP contribution is -2.36. The van der Waals surface area contributed by atoms with Crippen LogP contribution in [0.1, 0.15) is 42.1 Å². The first-order valence-electron chi connectivity index (χ1n) is 8.57. The lowest BCUT2D eigenvalue weighted by Gasteiger charge is -2.36. The van der Waals surface area contributed by atoms with E-state index in [1.807, 2.05) is 13.0 Å². The van der Waals surface area contributed by atoms with E-state index in [0.29, 0.717) is 5.82 Å². The van der Waals surface area contributed by atoms with Crippen molar-refractivity contribution >= 4 is 32.2 Å². The molecule has 7 heteroatoms. The van der Waals surface area contributed by atoms with E-state index in [0.717, 1.165) is 33.3 Å². The maximum absolute atomic E-state index is 10.8. The molecule has 2 aromatic heterocycles. The summed E-state index contributed by atoms with van der Waals surface area (Å²) in [4.78, 5) is 8.56. The molecule has 25 heavy (non-hydrogen) atoms. The first-order valence-corrected chi connectivity index (χ1v) is 10.2. The van der Waals surface area contributed by atoms with Gasteiger partial charge in [-0.15, -0.1) is 5.10 Å². The van der Waals surface area contributed by atoms with E-state index >= 15 is 0 Å². The third-order valence-corrected chi connectivity index (χ3v) is 6.47. The zero-order valence-electron chi connectivity index (χ0n) is 14.3. The number of halogens is 1. The second-order valence-electron chi connectivity index (χ2n) is 6.82. The van der Waals surface area contributed by atoms with Crippen molar-refractivity contribution in [2.75, 3.05) is 13.1 Å². The predicted octanol–water partition coefficient (Wildman–Crippen LogP) is 4.39. The molecule has 0 spiro atoms. The number of hydrogen-bond acceptors (Lipinski definition) is 5. The maximum Gasteiger partial charge on any atom is 0.230 e. The van der Waals surface area contributed by atoms with Crippen LogP contribution >= 0.6 is 27.3 Å². The minimum atomic E-state index is 0.0267. The molecular weight excluding hydrogens is 400 g/mol. The Morgan fingerprint density at radius 1 is 1.32 bits per heavy atom. The highest BCUT2D eigenvalue weighted by Crippen LogP contribution is 2.41. The Kier molecular flexibility index (Phi) is 4.56. The Labute approximate surface area is 159 Å². The van der Waals surface area contributed by atoms with Gasteiger partial charge in [0, 0.05) is 4.47 Å². The van der Waals surface area contributed by atoms with Crippen molar-refractivity contribution in [2.45, 2.75) is 32.7 Å². The van der Waals surface area contributed by atoms with E-state index in [1.165, 1.54) is 29.7 Å². The molecule has 3 heterocycles. The van der Waals surface area contributed by atoms with Crippen LogP contribution in [0.25, 0.3) is 4.96 Å². The van der Waals surface area contributed by atoms with Crippen molar-refractivity contribution in [3.63, 3.8) is 0 Å². The average molecular weight is 421 g/mol. The van der Waals surface area contributed by atoms with Gasteiger partial charge in [0.15, 0.2) is 0 Å². The quantitative estimate of drug-likeness (QED) is 0.682. The summed E-state index contributed by atoms with van der Waals surface area (Å²) in [6, 6.07) is 8.39. The van der Waals surface area contributed by atoms with E-state index < -0.39 is 0 Å². The highest BCUT2D eigenvalue weighted by molar-refractivity contribution is 9.10. The van der Waals surface area contributed by atoms with Crippen LogP contribution in [0.15, 0.2) is 28.7 Å². The summed E-state index contributed by atoms with van der Waals surface area (Å²) in [5.74, 6) is 1.65. The molecule has 1 aromatic carbocycles. The van der Waals surface area contributed by atoms with Crippen molar-refractivity contribution in [2.24, 2.45) is 5.92 Å². The fourth-order valence-corrected chi connectivity index (χ4v) is 5.10. The molecule has 4 rings (SSSR count). The molecule has 1 atom stereocenters. The average Bonchev–Trinajstić information content (AvgIpc) is 3.08. The van der Waals surface area contributed by atoms with E-state index in [2.05, 4.69) is 56.0 Å². The monoisotopic (exact) mass is 420 g/mol. The number of aromatic hydroxyl groups is 1. The van der Waals surface area contributed by atoms with Crippen LogP contribution < -0.4 is 0 Å². The van der Waals surface area contributed by atoms with Crippen LogP contribution in [0, 0.1) is 12.8 Å². The van der Waals surface area contributed by atoms with E-state index in [1.54, 1.807) is 4.52 Å². The van der Waals surface area contributed by atoms with Crippen LogP contribution in [0.5, 0.6) is 5.88 Å².